The first-order valence-electron chi connectivity index (χ1n) is 3.77. The third-order valence-corrected chi connectivity index (χ3v) is 3.00. The van der Waals surface area contributed by atoms with E-state index >= 15 is 0 Å². The Morgan fingerprint density at radius 1 is 1.38 bits per heavy atom. The molecule has 0 spiro atoms. The van der Waals surface area contributed by atoms with E-state index in [1.165, 1.54) is 11.9 Å². The minimum atomic E-state index is -0.800. The van der Waals surface area contributed by atoms with Gasteiger partial charge in [0.05, 0.1) is 5.25 Å². The molecule has 2 rings (SSSR count). The van der Waals surface area contributed by atoms with Crippen LogP contribution in [0.3, 0.4) is 0 Å². The number of benzene rings is 1. The van der Waals surface area contributed by atoms with Crippen LogP contribution in [0, 0.1) is 0 Å². The van der Waals surface area contributed by atoms with Crippen LogP contribution in [0.15, 0.2) is 24.3 Å². The van der Waals surface area contributed by atoms with E-state index in [-0.39, 0.29) is 5.25 Å². The maximum atomic E-state index is 9.37. The van der Waals surface area contributed by atoms with Crippen LogP contribution in [-0.4, -0.2) is 11.4 Å². The van der Waals surface area contributed by atoms with E-state index in [1.54, 1.807) is 12.1 Å². The predicted octanol–water partition coefficient (Wildman–Crippen LogP) is 1.88. The van der Waals surface area contributed by atoms with E-state index in [0.29, 0.717) is 5.02 Å². The quantitative estimate of drug-likeness (QED) is 0.705. The zero-order chi connectivity index (χ0) is 9.26. The van der Waals surface area contributed by atoms with Crippen molar-refractivity contribution in [2.75, 3.05) is 0 Å². The molecular formula is C8H8ClNO2S. The molecule has 1 fully saturated rings. The summed E-state index contributed by atoms with van der Waals surface area (Å²) in [4.78, 5) is 7.35. The van der Waals surface area contributed by atoms with Gasteiger partial charge in [-0.25, -0.2) is 0 Å². The maximum absolute atomic E-state index is 9.37. The maximum Gasteiger partial charge on any atom is 0.193 e. The second-order valence-corrected chi connectivity index (χ2v) is 4.03. The van der Waals surface area contributed by atoms with E-state index in [1.807, 2.05) is 12.1 Å². The zero-order valence-electron chi connectivity index (χ0n) is 6.61. The third kappa shape index (κ3) is 1.98. The molecule has 2 N–H and O–H groups in total. The molecule has 13 heavy (non-hydrogen) atoms. The highest BCUT2D eigenvalue weighted by Gasteiger charge is 2.28. The summed E-state index contributed by atoms with van der Waals surface area (Å²) in [5.74, 6) is 0. The molecule has 1 saturated heterocycles. The van der Waals surface area contributed by atoms with Gasteiger partial charge in [-0.2, -0.15) is 0 Å². The summed E-state index contributed by atoms with van der Waals surface area (Å²) in [7, 11) is 0. The fourth-order valence-electron chi connectivity index (χ4n) is 1.13. The van der Waals surface area contributed by atoms with Gasteiger partial charge in [0.2, 0.25) is 0 Å². The molecule has 1 aliphatic heterocycles. The van der Waals surface area contributed by atoms with Crippen molar-refractivity contribution in [2.24, 2.45) is 0 Å². The molecule has 5 heteroatoms. The van der Waals surface area contributed by atoms with Gasteiger partial charge in [-0.3, -0.25) is 4.84 Å². The van der Waals surface area contributed by atoms with E-state index in [9.17, 15) is 5.11 Å². The summed E-state index contributed by atoms with van der Waals surface area (Å²) in [6.07, 6.45) is -0.800. The van der Waals surface area contributed by atoms with E-state index in [4.69, 9.17) is 16.4 Å². The molecule has 0 unspecified atom stereocenters. The van der Waals surface area contributed by atoms with Crippen molar-refractivity contribution in [1.82, 2.24) is 4.89 Å². The molecule has 0 aliphatic carbocycles. The summed E-state index contributed by atoms with van der Waals surface area (Å²) in [5, 5.41) is 9.98. The number of halogens is 1. The summed E-state index contributed by atoms with van der Waals surface area (Å²) in [6, 6.07) is 7.34. The molecule has 2 atom stereocenters. The molecule has 1 aromatic rings. The third-order valence-electron chi connectivity index (χ3n) is 1.80. The Bertz CT molecular complexity index is 293. The Morgan fingerprint density at radius 2 is 2.08 bits per heavy atom. The van der Waals surface area contributed by atoms with Crippen molar-refractivity contribution in [3.63, 3.8) is 0 Å². The van der Waals surface area contributed by atoms with Crippen molar-refractivity contribution >= 4 is 23.5 Å². The first-order chi connectivity index (χ1) is 6.27. The highest BCUT2D eigenvalue weighted by molar-refractivity contribution is 7.97. The van der Waals surface area contributed by atoms with Gasteiger partial charge >= 0.3 is 0 Å². The highest BCUT2D eigenvalue weighted by atomic mass is 35.5. The Hall–Kier alpha value is -0.260. The number of aliphatic hydroxyl groups is 1. The average Bonchev–Trinajstić information content (AvgIpc) is 2.53. The fourth-order valence-corrected chi connectivity index (χ4v) is 1.98. The molecule has 0 aromatic heterocycles. The van der Waals surface area contributed by atoms with E-state index < -0.39 is 6.29 Å². The molecule has 0 radical (unpaired) electrons. The van der Waals surface area contributed by atoms with Gasteiger partial charge in [-0.05, 0) is 29.6 Å². The van der Waals surface area contributed by atoms with Crippen LogP contribution in [-0.2, 0) is 4.84 Å². The van der Waals surface area contributed by atoms with E-state index in [0.717, 1.165) is 5.56 Å². The monoisotopic (exact) mass is 217 g/mol. The van der Waals surface area contributed by atoms with Crippen LogP contribution >= 0.6 is 23.5 Å². The van der Waals surface area contributed by atoms with Gasteiger partial charge < -0.3 is 5.11 Å². The molecule has 0 saturated carbocycles. The summed E-state index contributed by atoms with van der Waals surface area (Å²) >= 11 is 7.08. The zero-order valence-corrected chi connectivity index (χ0v) is 8.18. The Balaban J connectivity index is 2.20. The van der Waals surface area contributed by atoms with Crippen LogP contribution < -0.4 is 4.89 Å². The average molecular weight is 218 g/mol. The Morgan fingerprint density at radius 3 is 2.62 bits per heavy atom. The topological polar surface area (TPSA) is 41.5 Å². The minimum absolute atomic E-state index is 0.0859. The highest BCUT2D eigenvalue weighted by Crippen LogP contribution is 2.35. The number of aliphatic hydroxyl groups excluding tert-OH is 1. The normalized spacial score (nSPS) is 27.8. The number of hydrogen-bond acceptors (Lipinski definition) is 4. The number of hydrogen-bond donors (Lipinski definition) is 2. The fraction of sp³-hybridized carbons (Fsp3) is 0.250. The van der Waals surface area contributed by atoms with Gasteiger partial charge in [0.15, 0.2) is 6.29 Å². The standard InChI is InChI=1S/C8H8ClNO2S/c9-6-3-1-5(2-4-6)7-8(11)12-10-13-7/h1-4,7-8,10-11H/t7-,8+/m1/s1. The Kier molecular flexibility index (Phi) is 2.76. The van der Waals surface area contributed by atoms with Gasteiger partial charge in [0.1, 0.15) is 0 Å². The second kappa shape index (κ2) is 3.86. The van der Waals surface area contributed by atoms with Gasteiger partial charge in [-0.15, -0.1) is 4.89 Å². The predicted molar refractivity (Wildman–Crippen MR) is 52.0 cm³/mol. The van der Waals surface area contributed by atoms with Crippen molar-refractivity contribution in [3.8, 4) is 0 Å². The van der Waals surface area contributed by atoms with Gasteiger partial charge in [-0.1, -0.05) is 23.7 Å². The van der Waals surface area contributed by atoms with Crippen LogP contribution in [0.1, 0.15) is 10.8 Å². The minimum Gasteiger partial charge on any atom is -0.365 e. The van der Waals surface area contributed by atoms with Gasteiger partial charge in [0.25, 0.3) is 0 Å². The number of rotatable bonds is 1. The van der Waals surface area contributed by atoms with Crippen molar-refractivity contribution in [3.05, 3.63) is 34.9 Å². The summed E-state index contributed by atoms with van der Waals surface area (Å²) in [5.41, 5.74) is 0.993. The van der Waals surface area contributed by atoms with E-state index in [2.05, 4.69) is 4.89 Å². The lowest BCUT2D eigenvalue weighted by Crippen LogP contribution is -2.12. The summed E-state index contributed by atoms with van der Waals surface area (Å²) < 4.78 is 0. The molecule has 70 valence electrons. The van der Waals surface area contributed by atoms with Crippen LogP contribution in [0.2, 0.25) is 5.02 Å². The van der Waals surface area contributed by atoms with Crippen molar-refractivity contribution < 1.29 is 9.94 Å². The molecular weight excluding hydrogens is 210 g/mol. The molecule has 3 nitrogen and oxygen atoms in total. The molecule has 1 heterocycles. The Labute approximate surface area is 85.1 Å². The van der Waals surface area contributed by atoms with Gasteiger partial charge in [0, 0.05) is 5.02 Å². The molecule has 1 aromatic carbocycles. The molecule has 1 aliphatic rings. The van der Waals surface area contributed by atoms with Crippen LogP contribution in [0.5, 0.6) is 0 Å². The van der Waals surface area contributed by atoms with Crippen molar-refractivity contribution in [1.29, 1.82) is 0 Å². The largest absolute Gasteiger partial charge is 0.365 e. The SMILES string of the molecule is O[C@H]1ONS[C@@H]1c1ccc(Cl)cc1. The smallest absolute Gasteiger partial charge is 0.193 e. The molecule has 0 amide bonds. The van der Waals surface area contributed by atoms with Crippen LogP contribution in [0.4, 0.5) is 0 Å². The van der Waals surface area contributed by atoms with Crippen LogP contribution in [0.25, 0.3) is 0 Å². The van der Waals surface area contributed by atoms with Crippen molar-refractivity contribution in [2.45, 2.75) is 11.5 Å². The first-order valence-corrected chi connectivity index (χ1v) is 5.03. The lowest BCUT2D eigenvalue weighted by molar-refractivity contribution is -0.103. The lowest BCUT2D eigenvalue weighted by atomic mass is 10.1. The number of nitrogens with one attached hydrogen (secondary N) is 1. The molecule has 0 bridgehead atoms. The lowest BCUT2D eigenvalue weighted by Gasteiger charge is -2.09. The second-order valence-electron chi connectivity index (χ2n) is 2.68. The summed E-state index contributed by atoms with van der Waals surface area (Å²) in [6.45, 7) is 0. The first kappa shape index (κ1) is 9.30.